The Bertz CT molecular complexity index is 1450. The number of rotatable bonds is 6. The lowest BCUT2D eigenvalue weighted by Crippen LogP contribution is -2.58. The normalized spacial score (nSPS) is 19.8. The number of piperidine rings is 1. The van der Waals surface area contributed by atoms with E-state index < -0.39 is 46.7 Å². The lowest BCUT2D eigenvalue weighted by molar-refractivity contribution is -0.128. The van der Waals surface area contributed by atoms with Crippen molar-refractivity contribution in [2.45, 2.75) is 57.2 Å². The molecule has 0 bridgehead atoms. The van der Waals surface area contributed by atoms with Crippen molar-refractivity contribution in [2.75, 3.05) is 13.1 Å². The monoisotopic (exact) mass is 567 g/mol. The van der Waals surface area contributed by atoms with Gasteiger partial charge in [-0.15, -0.1) is 0 Å². The third-order valence-electron chi connectivity index (χ3n) is 7.12. The van der Waals surface area contributed by atoms with Crippen LogP contribution >= 0.6 is 0 Å². The molecule has 2 atom stereocenters. The molecule has 2 aromatic heterocycles. The molecule has 1 aliphatic heterocycles. The minimum absolute atomic E-state index is 0.0227. The quantitative estimate of drug-likeness (QED) is 0.458. The molecule has 41 heavy (non-hydrogen) atoms. The van der Waals surface area contributed by atoms with Gasteiger partial charge < -0.3 is 24.8 Å². The minimum atomic E-state index is -0.860. The van der Waals surface area contributed by atoms with E-state index in [9.17, 15) is 23.2 Å². The molecule has 2 N–H and O–H groups in total. The number of carbonyl (C=O) groups excluding carboxylic acids is 3. The van der Waals surface area contributed by atoms with Crippen LogP contribution in [-0.2, 0) is 15.1 Å². The van der Waals surface area contributed by atoms with Crippen LogP contribution in [0.2, 0.25) is 0 Å². The van der Waals surface area contributed by atoms with Gasteiger partial charge in [-0.2, -0.15) is 0 Å². The summed E-state index contributed by atoms with van der Waals surface area (Å²) < 4.78 is 38.2. The number of hydrogen-bond acceptors (Lipinski definition) is 7. The Morgan fingerprint density at radius 1 is 1.12 bits per heavy atom. The molecule has 2 aliphatic rings. The lowest BCUT2D eigenvalue weighted by atomic mass is 9.90. The molecule has 0 unspecified atom stereocenters. The van der Waals surface area contributed by atoms with Crippen LogP contribution in [0.15, 0.2) is 53.2 Å². The van der Waals surface area contributed by atoms with Crippen molar-refractivity contribution in [3.8, 4) is 11.3 Å². The van der Waals surface area contributed by atoms with E-state index in [1.165, 1.54) is 17.0 Å². The summed E-state index contributed by atoms with van der Waals surface area (Å²) in [6.45, 7) is 5.55. The average Bonchev–Trinajstić information content (AvgIpc) is 3.53. The zero-order chi connectivity index (χ0) is 29.4. The molecule has 3 aromatic rings. The van der Waals surface area contributed by atoms with E-state index in [0.29, 0.717) is 6.07 Å². The SMILES string of the molecule is CC(C)(C)OC(=O)N1CC[C@@H](NC(=O)c2cc(-c3ccc(F)cc3F)on2)[C@H](C(=O)NC2(c3ccccn3)CC2)C1. The van der Waals surface area contributed by atoms with Gasteiger partial charge in [0.05, 0.1) is 22.7 Å². The maximum Gasteiger partial charge on any atom is 0.410 e. The minimum Gasteiger partial charge on any atom is -0.444 e. The van der Waals surface area contributed by atoms with Crippen LogP contribution in [0.1, 0.15) is 56.2 Å². The van der Waals surface area contributed by atoms with Crippen molar-refractivity contribution in [2.24, 2.45) is 5.92 Å². The number of hydrogen-bond donors (Lipinski definition) is 2. The predicted octanol–water partition coefficient (Wildman–Crippen LogP) is 4.18. The first-order valence-corrected chi connectivity index (χ1v) is 13.4. The van der Waals surface area contributed by atoms with Crippen molar-refractivity contribution < 1.29 is 32.4 Å². The molecule has 3 heterocycles. The number of benzene rings is 1. The van der Waals surface area contributed by atoms with E-state index >= 15 is 0 Å². The number of amides is 3. The van der Waals surface area contributed by atoms with E-state index in [2.05, 4.69) is 20.8 Å². The van der Waals surface area contributed by atoms with Crippen LogP contribution in [0, 0.1) is 17.6 Å². The van der Waals surface area contributed by atoms with Crippen LogP contribution < -0.4 is 10.6 Å². The third kappa shape index (κ3) is 6.36. The largest absolute Gasteiger partial charge is 0.444 e. The van der Waals surface area contributed by atoms with Crippen molar-refractivity contribution in [1.82, 2.24) is 25.7 Å². The summed E-state index contributed by atoms with van der Waals surface area (Å²) in [4.78, 5) is 45.5. The molecule has 12 heteroatoms. The molecular weight excluding hydrogens is 536 g/mol. The zero-order valence-corrected chi connectivity index (χ0v) is 22.9. The van der Waals surface area contributed by atoms with Gasteiger partial charge in [-0.1, -0.05) is 11.2 Å². The standard InChI is InChI=1S/C29H31F2N5O5/c1-28(2,3)40-27(39)36-13-9-21(19(16-36)25(37)34-29(10-11-29)24-6-4-5-12-32-24)33-26(38)22-15-23(41-35-22)18-8-7-17(30)14-20(18)31/h4-8,12,14-15,19,21H,9-11,13,16H2,1-3H3,(H,33,38)(H,34,37)/t19-,21-/m1/s1. The molecule has 1 saturated carbocycles. The highest BCUT2D eigenvalue weighted by Crippen LogP contribution is 2.44. The van der Waals surface area contributed by atoms with E-state index in [4.69, 9.17) is 9.26 Å². The van der Waals surface area contributed by atoms with Crippen molar-refractivity contribution in [3.05, 3.63) is 71.7 Å². The highest BCUT2D eigenvalue weighted by molar-refractivity contribution is 5.94. The zero-order valence-electron chi connectivity index (χ0n) is 22.9. The molecule has 1 saturated heterocycles. The number of nitrogens with zero attached hydrogens (tertiary/aromatic N) is 3. The fraction of sp³-hybridized carbons (Fsp3) is 0.414. The summed E-state index contributed by atoms with van der Waals surface area (Å²) in [5, 5.41) is 9.68. The highest BCUT2D eigenvalue weighted by Gasteiger charge is 2.49. The van der Waals surface area contributed by atoms with E-state index in [-0.39, 0.29) is 42.4 Å². The molecule has 0 spiro atoms. The van der Waals surface area contributed by atoms with Crippen LogP contribution in [0.3, 0.4) is 0 Å². The highest BCUT2D eigenvalue weighted by atomic mass is 19.1. The topological polar surface area (TPSA) is 127 Å². The maximum absolute atomic E-state index is 14.2. The van der Waals surface area contributed by atoms with Crippen LogP contribution in [-0.4, -0.2) is 57.7 Å². The van der Waals surface area contributed by atoms with Crippen LogP contribution in [0.4, 0.5) is 13.6 Å². The molecule has 2 fully saturated rings. The Hall–Kier alpha value is -4.35. The van der Waals surface area contributed by atoms with Gasteiger partial charge in [0.1, 0.15) is 17.2 Å². The summed E-state index contributed by atoms with van der Waals surface area (Å²) in [7, 11) is 0. The summed E-state index contributed by atoms with van der Waals surface area (Å²) in [5.74, 6) is -3.43. The smallest absolute Gasteiger partial charge is 0.410 e. The van der Waals surface area contributed by atoms with Gasteiger partial charge in [-0.25, -0.2) is 13.6 Å². The van der Waals surface area contributed by atoms with E-state index in [0.717, 1.165) is 24.6 Å². The fourth-order valence-electron chi connectivity index (χ4n) is 4.87. The van der Waals surface area contributed by atoms with Crippen LogP contribution in [0.5, 0.6) is 0 Å². The predicted molar refractivity (Wildman–Crippen MR) is 142 cm³/mol. The number of pyridine rings is 1. The number of ether oxygens (including phenoxy) is 1. The fourth-order valence-corrected chi connectivity index (χ4v) is 4.87. The van der Waals surface area contributed by atoms with Gasteiger partial charge in [-0.05, 0) is 64.3 Å². The summed E-state index contributed by atoms with van der Waals surface area (Å²) in [6.07, 6.45) is 2.83. The number of carbonyl (C=O) groups is 3. The molecular formula is C29H31F2N5O5. The van der Waals surface area contributed by atoms with Crippen molar-refractivity contribution >= 4 is 17.9 Å². The molecule has 1 aromatic carbocycles. The number of halogens is 2. The van der Waals surface area contributed by atoms with Gasteiger partial charge in [0, 0.05) is 37.5 Å². The number of aromatic nitrogens is 2. The molecule has 1 aliphatic carbocycles. The number of likely N-dealkylation sites (tertiary alicyclic amines) is 1. The van der Waals surface area contributed by atoms with Gasteiger partial charge in [0.15, 0.2) is 11.5 Å². The summed E-state index contributed by atoms with van der Waals surface area (Å²) in [5.41, 5.74) is -0.751. The Kier molecular flexibility index (Phi) is 7.50. The summed E-state index contributed by atoms with van der Waals surface area (Å²) >= 11 is 0. The number of nitrogens with one attached hydrogen (secondary N) is 2. The average molecular weight is 568 g/mol. The Morgan fingerprint density at radius 3 is 2.56 bits per heavy atom. The lowest BCUT2D eigenvalue weighted by Gasteiger charge is -2.39. The first kappa shape index (κ1) is 28.2. The van der Waals surface area contributed by atoms with Crippen molar-refractivity contribution in [3.63, 3.8) is 0 Å². The Balaban J connectivity index is 1.34. The molecule has 216 valence electrons. The first-order valence-electron chi connectivity index (χ1n) is 13.4. The molecule has 10 nitrogen and oxygen atoms in total. The Labute approximate surface area is 235 Å². The molecule has 0 radical (unpaired) electrons. The van der Waals surface area contributed by atoms with Crippen LogP contribution in [0.25, 0.3) is 11.3 Å². The first-order chi connectivity index (χ1) is 19.4. The second-order valence-corrected chi connectivity index (χ2v) is 11.4. The molecule has 3 amide bonds. The van der Waals surface area contributed by atoms with Gasteiger partial charge >= 0.3 is 6.09 Å². The molecule has 5 rings (SSSR count). The van der Waals surface area contributed by atoms with Gasteiger partial charge in [0.2, 0.25) is 5.91 Å². The van der Waals surface area contributed by atoms with Crippen molar-refractivity contribution in [1.29, 1.82) is 0 Å². The van der Waals surface area contributed by atoms with E-state index in [1.807, 2.05) is 12.1 Å². The Morgan fingerprint density at radius 2 is 1.90 bits per heavy atom. The maximum atomic E-state index is 14.2. The third-order valence-corrected chi connectivity index (χ3v) is 7.12. The second-order valence-electron chi connectivity index (χ2n) is 11.4. The summed E-state index contributed by atoms with van der Waals surface area (Å²) in [6, 6.07) is 9.07. The van der Waals surface area contributed by atoms with Gasteiger partial charge in [-0.3, -0.25) is 14.6 Å². The van der Waals surface area contributed by atoms with Gasteiger partial charge in [0.25, 0.3) is 5.91 Å². The van der Waals surface area contributed by atoms with E-state index in [1.54, 1.807) is 33.0 Å². The second kappa shape index (κ2) is 10.9.